The maximum absolute atomic E-state index is 12.5. The summed E-state index contributed by atoms with van der Waals surface area (Å²) in [5.41, 5.74) is 2.77. The van der Waals surface area contributed by atoms with E-state index in [4.69, 9.17) is 14.2 Å². The topological polar surface area (TPSA) is 65.1 Å². The Labute approximate surface area is 190 Å². The lowest BCUT2D eigenvalue weighted by atomic mass is 10.1. The number of rotatable bonds is 12. The maximum Gasteiger partial charge on any atom is 0.344 e. The van der Waals surface area contributed by atoms with Gasteiger partial charge in [0.05, 0.1) is 13.2 Å². The zero-order valence-electron chi connectivity index (χ0n) is 19.4. The number of hydrogen-bond donors (Lipinski definition) is 0. The quantitative estimate of drug-likeness (QED) is 0.359. The van der Waals surface area contributed by atoms with Crippen molar-refractivity contribution in [3.05, 3.63) is 65.7 Å². The van der Waals surface area contributed by atoms with Gasteiger partial charge in [0.15, 0.2) is 6.61 Å². The summed E-state index contributed by atoms with van der Waals surface area (Å²) in [6.45, 7) is 9.42. The monoisotopic (exact) mass is 439 g/mol. The Morgan fingerprint density at radius 3 is 2.22 bits per heavy atom. The van der Waals surface area contributed by atoms with Gasteiger partial charge >= 0.3 is 5.97 Å². The zero-order chi connectivity index (χ0) is 23.3. The lowest BCUT2D eigenvalue weighted by Gasteiger charge is -2.17. The Morgan fingerprint density at radius 2 is 1.59 bits per heavy atom. The van der Waals surface area contributed by atoms with E-state index in [0.717, 1.165) is 17.6 Å². The highest BCUT2D eigenvalue weighted by atomic mass is 16.6. The molecule has 2 rings (SSSR count). The fraction of sp³-hybridized carbons (Fsp3) is 0.385. The SMILES string of the molecule is CCOC(=O)COc1cc(OCCc2ccccc2)cc(C(C)=CC(=O)N(CC)CC)c1. The van der Waals surface area contributed by atoms with Crippen molar-refractivity contribution >= 4 is 17.4 Å². The second-order valence-electron chi connectivity index (χ2n) is 7.21. The third-order valence-electron chi connectivity index (χ3n) is 4.91. The van der Waals surface area contributed by atoms with Crippen LogP contribution in [0.3, 0.4) is 0 Å². The number of carbonyl (C=O) groups excluding carboxylic acids is 2. The van der Waals surface area contributed by atoms with Crippen LogP contribution < -0.4 is 9.47 Å². The van der Waals surface area contributed by atoms with E-state index in [1.54, 1.807) is 30.0 Å². The Bertz CT molecular complexity index is 904. The van der Waals surface area contributed by atoms with Crippen LogP contribution >= 0.6 is 0 Å². The largest absolute Gasteiger partial charge is 0.493 e. The predicted octanol–water partition coefficient (Wildman–Crippen LogP) is 4.52. The van der Waals surface area contributed by atoms with Crippen molar-refractivity contribution in [2.24, 2.45) is 0 Å². The number of ether oxygens (including phenoxy) is 3. The number of hydrogen-bond acceptors (Lipinski definition) is 5. The number of allylic oxidation sites excluding steroid dienone is 1. The number of carbonyl (C=O) groups is 2. The Balaban J connectivity index is 2.20. The molecule has 0 aliphatic rings. The first-order chi connectivity index (χ1) is 15.5. The average molecular weight is 440 g/mol. The summed E-state index contributed by atoms with van der Waals surface area (Å²) in [6, 6.07) is 15.5. The van der Waals surface area contributed by atoms with Crippen molar-refractivity contribution in [3.63, 3.8) is 0 Å². The second-order valence-corrected chi connectivity index (χ2v) is 7.21. The highest BCUT2D eigenvalue weighted by molar-refractivity contribution is 5.95. The Morgan fingerprint density at radius 1 is 0.938 bits per heavy atom. The summed E-state index contributed by atoms with van der Waals surface area (Å²) >= 11 is 0. The summed E-state index contributed by atoms with van der Waals surface area (Å²) in [6.07, 6.45) is 2.38. The average Bonchev–Trinajstić information content (AvgIpc) is 2.79. The van der Waals surface area contributed by atoms with E-state index < -0.39 is 5.97 Å². The van der Waals surface area contributed by atoms with E-state index in [0.29, 0.717) is 37.8 Å². The van der Waals surface area contributed by atoms with Gasteiger partial charge in [-0.3, -0.25) is 4.79 Å². The summed E-state index contributed by atoms with van der Waals surface area (Å²) < 4.78 is 16.5. The summed E-state index contributed by atoms with van der Waals surface area (Å²) in [5.74, 6) is 0.610. The minimum atomic E-state index is -0.437. The third kappa shape index (κ3) is 8.10. The Kier molecular flexibility index (Phi) is 10.3. The molecule has 0 heterocycles. The summed E-state index contributed by atoms with van der Waals surface area (Å²) in [7, 11) is 0. The van der Waals surface area contributed by atoms with Crippen LogP contribution in [0.15, 0.2) is 54.6 Å². The highest BCUT2D eigenvalue weighted by Gasteiger charge is 2.11. The molecule has 0 aliphatic carbocycles. The molecule has 0 saturated heterocycles. The maximum atomic E-state index is 12.5. The molecular weight excluding hydrogens is 406 g/mol. The fourth-order valence-electron chi connectivity index (χ4n) is 3.14. The standard InChI is InChI=1S/C26H33NO5/c1-5-27(6-2)25(28)15-20(4)22-16-23(31-14-13-21-11-9-8-10-12-21)18-24(17-22)32-19-26(29)30-7-3/h8-12,15-18H,5-7,13-14,19H2,1-4H3. The normalized spacial score (nSPS) is 11.1. The van der Waals surface area contributed by atoms with Crippen molar-refractivity contribution in [3.8, 4) is 11.5 Å². The number of esters is 1. The van der Waals surface area contributed by atoms with Gasteiger partial charge in [-0.2, -0.15) is 0 Å². The van der Waals surface area contributed by atoms with Crippen LogP contribution in [0.4, 0.5) is 0 Å². The predicted molar refractivity (Wildman–Crippen MR) is 126 cm³/mol. The first-order valence-electron chi connectivity index (χ1n) is 11.0. The highest BCUT2D eigenvalue weighted by Crippen LogP contribution is 2.28. The van der Waals surface area contributed by atoms with Gasteiger partial charge in [0, 0.05) is 31.7 Å². The molecule has 2 aromatic carbocycles. The van der Waals surface area contributed by atoms with E-state index in [2.05, 4.69) is 12.1 Å². The lowest BCUT2D eigenvalue weighted by molar-refractivity contribution is -0.145. The second kappa shape index (κ2) is 13.2. The van der Waals surface area contributed by atoms with Crippen molar-refractivity contribution in [2.75, 3.05) is 32.9 Å². The van der Waals surface area contributed by atoms with Crippen LogP contribution in [0.1, 0.15) is 38.8 Å². The minimum Gasteiger partial charge on any atom is -0.493 e. The first-order valence-corrected chi connectivity index (χ1v) is 11.0. The molecule has 6 heteroatoms. The molecule has 0 bridgehead atoms. The molecule has 0 radical (unpaired) electrons. The number of benzene rings is 2. The van der Waals surface area contributed by atoms with E-state index in [-0.39, 0.29) is 12.5 Å². The van der Waals surface area contributed by atoms with E-state index in [1.165, 1.54) is 5.56 Å². The van der Waals surface area contributed by atoms with Gasteiger partial charge in [-0.25, -0.2) is 4.79 Å². The molecule has 0 aliphatic heterocycles. The van der Waals surface area contributed by atoms with Gasteiger partial charge in [0.25, 0.3) is 0 Å². The molecule has 6 nitrogen and oxygen atoms in total. The molecule has 0 fully saturated rings. The molecule has 2 aromatic rings. The summed E-state index contributed by atoms with van der Waals surface area (Å²) in [5, 5.41) is 0. The summed E-state index contributed by atoms with van der Waals surface area (Å²) in [4.78, 5) is 25.9. The molecule has 172 valence electrons. The zero-order valence-corrected chi connectivity index (χ0v) is 19.4. The van der Waals surface area contributed by atoms with E-state index >= 15 is 0 Å². The Hall–Kier alpha value is -3.28. The van der Waals surface area contributed by atoms with Crippen LogP contribution in [-0.4, -0.2) is 49.7 Å². The van der Waals surface area contributed by atoms with Crippen LogP contribution in [-0.2, 0) is 20.7 Å². The number of amides is 1. The number of likely N-dealkylation sites (N-methyl/N-ethyl adjacent to an activating group) is 1. The number of nitrogens with zero attached hydrogens (tertiary/aromatic N) is 1. The molecule has 1 amide bonds. The van der Waals surface area contributed by atoms with Crippen molar-refractivity contribution in [2.45, 2.75) is 34.1 Å². The van der Waals surface area contributed by atoms with Crippen molar-refractivity contribution in [1.29, 1.82) is 0 Å². The van der Waals surface area contributed by atoms with Gasteiger partial charge in [-0.1, -0.05) is 30.3 Å². The van der Waals surface area contributed by atoms with Crippen LogP contribution in [0.25, 0.3) is 5.57 Å². The molecule has 32 heavy (non-hydrogen) atoms. The molecule has 0 unspecified atom stereocenters. The van der Waals surface area contributed by atoms with E-state index in [1.807, 2.05) is 45.0 Å². The van der Waals surface area contributed by atoms with Gasteiger partial charge in [-0.15, -0.1) is 0 Å². The minimum absolute atomic E-state index is 0.0445. The molecule has 0 aromatic heterocycles. The van der Waals surface area contributed by atoms with E-state index in [9.17, 15) is 9.59 Å². The van der Waals surface area contributed by atoms with Crippen molar-refractivity contribution < 1.29 is 23.8 Å². The molecule has 0 saturated carbocycles. The smallest absolute Gasteiger partial charge is 0.344 e. The van der Waals surface area contributed by atoms with Gasteiger partial charge < -0.3 is 19.1 Å². The first kappa shape index (κ1) is 25.0. The van der Waals surface area contributed by atoms with Crippen LogP contribution in [0, 0.1) is 0 Å². The molecule has 0 N–H and O–H groups in total. The molecule has 0 spiro atoms. The third-order valence-corrected chi connectivity index (χ3v) is 4.91. The van der Waals surface area contributed by atoms with Gasteiger partial charge in [0.2, 0.25) is 5.91 Å². The van der Waals surface area contributed by atoms with Gasteiger partial charge in [-0.05, 0) is 56.5 Å². The van der Waals surface area contributed by atoms with Crippen molar-refractivity contribution in [1.82, 2.24) is 4.90 Å². The molecular formula is C26H33NO5. The van der Waals surface area contributed by atoms with Gasteiger partial charge in [0.1, 0.15) is 11.5 Å². The lowest BCUT2D eigenvalue weighted by Crippen LogP contribution is -2.28. The van der Waals surface area contributed by atoms with Crippen LogP contribution in [0.2, 0.25) is 0 Å². The molecule has 0 atom stereocenters. The fourth-order valence-corrected chi connectivity index (χ4v) is 3.14. The van der Waals surface area contributed by atoms with Crippen LogP contribution in [0.5, 0.6) is 11.5 Å².